The van der Waals surface area contributed by atoms with Crippen LogP contribution in [0.3, 0.4) is 0 Å². The summed E-state index contributed by atoms with van der Waals surface area (Å²) in [6.07, 6.45) is 9.25. The first-order valence-corrected chi connectivity index (χ1v) is 8.84. The quantitative estimate of drug-likeness (QED) is 0.485. The maximum absolute atomic E-state index is 12.2. The molecule has 0 fully saturated rings. The number of imidazole rings is 1. The van der Waals surface area contributed by atoms with Crippen molar-refractivity contribution in [2.45, 2.75) is 0 Å². The minimum atomic E-state index is -0.675. The molecule has 0 saturated heterocycles. The summed E-state index contributed by atoms with van der Waals surface area (Å²) >= 11 is 0. The second-order valence-corrected chi connectivity index (χ2v) is 6.23. The summed E-state index contributed by atoms with van der Waals surface area (Å²) in [4.78, 5) is 32.2. The van der Waals surface area contributed by atoms with Crippen LogP contribution in [0.5, 0.6) is 5.75 Å². The van der Waals surface area contributed by atoms with Crippen molar-refractivity contribution in [2.75, 3.05) is 5.32 Å². The Balaban J connectivity index is 1.59. The number of aromatic amines is 1. The molecule has 140 valence electrons. The van der Waals surface area contributed by atoms with E-state index in [1.54, 1.807) is 30.9 Å². The summed E-state index contributed by atoms with van der Waals surface area (Å²) in [6, 6.07) is 11.6. The third kappa shape index (κ3) is 3.12. The van der Waals surface area contributed by atoms with Gasteiger partial charge in [0.15, 0.2) is 5.75 Å². The molecule has 1 amide bonds. The number of benzene rings is 2. The molecule has 29 heavy (non-hydrogen) atoms. The molecule has 0 saturated carbocycles. The number of nitrogens with zero attached hydrogens (tertiary/aromatic N) is 4. The number of hydrogen-bond acceptors (Lipinski definition) is 6. The number of aromatic nitrogens is 5. The first kappa shape index (κ1) is 16.8. The van der Waals surface area contributed by atoms with E-state index in [4.69, 9.17) is 4.74 Å². The molecule has 3 aromatic heterocycles. The molecule has 5 aromatic rings. The van der Waals surface area contributed by atoms with Crippen LogP contribution < -0.4 is 10.1 Å². The highest BCUT2D eigenvalue weighted by atomic mass is 16.6. The fourth-order valence-electron chi connectivity index (χ4n) is 3.22. The summed E-state index contributed by atoms with van der Waals surface area (Å²) in [7, 11) is 0. The number of nitrogens with one attached hydrogen (secondary N) is 2. The van der Waals surface area contributed by atoms with Crippen LogP contribution in [0.15, 0.2) is 73.6 Å². The number of hydrogen-bond donors (Lipinski definition) is 2. The van der Waals surface area contributed by atoms with Crippen LogP contribution in [0, 0.1) is 0 Å². The molecule has 0 aliphatic heterocycles. The summed E-state index contributed by atoms with van der Waals surface area (Å²) in [5.74, 6) is 0.595. The van der Waals surface area contributed by atoms with Gasteiger partial charge >= 0.3 is 6.09 Å². The SMILES string of the molecule is O=C(Nc1ncc[nH]1)Oc1ccc(-c2cncc3ccccc23)c2nccnc12. The zero-order valence-electron chi connectivity index (χ0n) is 15.0. The molecule has 5 rings (SSSR count). The van der Waals surface area contributed by atoms with Crippen molar-refractivity contribution < 1.29 is 9.53 Å². The minimum Gasteiger partial charge on any atom is -0.408 e. The highest BCUT2D eigenvalue weighted by Crippen LogP contribution is 2.35. The highest BCUT2D eigenvalue weighted by molar-refractivity contribution is 6.04. The topological polar surface area (TPSA) is 106 Å². The van der Waals surface area contributed by atoms with Crippen LogP contribution in [0.1, 0.15) is 0 Å². The van der Waals surface area contributed by atoms with Crippen LogP contribution in [0.2, 0.25) is 0 Å². The molecule has 0 bridgehead atoms. The monoisotopic (exact) mass is 382 g/mol. The van der Waals surface area contributed by atoms with E-state index in [1.165, 1.54) is 6.20 Å². The van der Waals surface area contributed by atoms with Gasteiger partial charge in [-0.15, -0.1) is 0 Å². The standard InChI is InChI=1S/C21H14N6O2/c28-21(27-20-25-9-10-26-20)29-17-6-5-15(18-19(17)24-8-7-23-18)16-12-22-11-13-3-1-2-4-14(13)16/h1-12H,(H2,25,26,27,28). The van der Waals surface area contributed by atoms with Gasteiger partial charge in [-0.3, -0.25) is 15.3 Å². The molecule has 3 heterocycles. The minimum absolute atomic E-state index is 0.295. The molecule has 0 unspecified atom stereocenters. The second-order valence-electron chi connectivity index (χ2n) is 6.23. The van der Waals surface area contributed by atoms with E-state index in [1.807, 2.05) is 36.5 Å². The van der Waals surface area contributed by atoms with E-state index in [0.29, 0.717) is 22.7 Å². The second kappa shape index (κ2) is 7.01. The average molecular weight is 382 g/mol. The van der Waals surface area contributed by atoms with E-state index >= 15 is 0 Å². The molecule has 8 heteroatoms. The van der Waals surface area contributed by atoms with Gasteiger partial charge in [-0.25, -0.2) is 14.8 Å². The molecule has 8 nitrogen and oxygen atoms in total. The number of pyridine rings is 1. The van der Waals surface area contributed by atoms with Gasteiger partial charge in [-0.2, -0.15) is 0 Å². The van der Waals surface area contributed by atoms with Gasteiger partial charge < -0.3 is 9.72 Å². The number of amides is 1. The van der Waals surface area contributed by atoms with E-state index in [-0.39, 0.29) is 0 Å². The summed E-state index contributed by atoms with van der Waals surface area (Å²) in [5, 5.41) is 4.60. The van der Waals surface area contributed by atoms with E-state index in [9.17, 15) is 4.79 Å². The number of H-pyrrole nitrogens is 1. The molecular formula is C21H14N6O2. The zero-order valence-corrected chi connectivity index (χ0v) is 15.0. The van der Waals surface area contributed by atoms with Crippen LogP contribution in [0.25, 0.3) is 32.9 Å². The first-order chi connectivity index (χ1) is 14.3. The smallest absolute Gasteiger partial charge is 0.408 e. The number of ether oxygens (including phenoxy) is 1. The first-order valence-electron chi connectivity index (χ1n) is 8.84. The Morgan fingerprint density at radius 2 is 1.76 bits per heavy atom. The summed E-state index contributed by atoms with van der Waals surface area (Å²) in [6.45, 7) is 0. The molecule has 2 aromatic carbocycles. The number of fused-ring (bicyclic) bond motifs is 2. The van der Waals surface area contributed by atoms with Crippen LogP contribution in [-0.4, -0.2) is 31.0 Å². The van der Waals surface area contributed by atoms with Crippen molar-refractivity contribution >= 4 is 33.8 Å². The van der Waals surface area contributed by atoms with Gasteiger partial charge in [0.2, 0.25) is 5.95 Å². The predicted octanol–water partition coefficient (Wildman–Crippen LogP) is 4.18. The van der Waals surface area contributed by atoms with Crippen molar-refractivity contribution in [1.29, 1.82) is 0 Å². The van der Waals surface area contributed by atoms with Crippen LogP contribution in [0.4, 0.5) is 10.7 Å². The lowest BCUT2D eigenvalue weighted by Crippen LogP contribution is -2.17. The van der Waals surface area contributed by atoms with Gasteiger partial charge in [-0.05, 0) is 17.5 Å². The Morgan fingerprint density at radius 3 is 2.62 bits per heavy atom. The van der Waals surface area contributed by atoms with Crippen molar-refractivity contribution in [1.82, 2.24) is 24.9 Å². The lowest BCUT2D eigenvalue weighted by molar-refractivity contribution is 0.215. The van der Waals surface area contributed by atoms with Crippen LogP contribution >= 0.6 is 0 Å². The predicted molar refractivity (Wildman–Crippen MR) is 109 cm³/mol. The zero-order chi connectivity index (χ0) is 19.6. The van der Waals surface area contributed by atoms with Crippen molar-refractivity contribution in [3.63, 3.8) is 0 Å². The van der Waals surface area contributed by atoms with Gasteiger partial charge in [-0.1, -0.05) is 24.3 Å². The van der Waals surface area contributed by atoms with Crippen LogP contribution in [-0.2, 0) is 0 Å². The third-order valence-corrected chi connectivity index (χ3v) is 4.47. The molecule has 0 aliphatic carbocycles. The third-order valence-electron chi connectivity index (χ3n) is 4.47. The molecule has 2 N–H and O–H groups in total. The fourth-order valence-corrected chi connectivity index (χ4v) is 3.22. The number of carbonyl (C=O) groups excluding carboxylic acids is 1. The number of carbonyl (C=O) groups is 1. The molecule has 0 atom stereocenters. The maximum atomic E-state index is 12.2. The number of anilines is 1. The van der Waals surface area contributed by atoms with Gasteiger partial charge in [0.05, 0.1) is 0 Å². The number of rotatable bonds is 3. The van der Waals surface area contributed by atoms with Crippen molar-refractivity contribution in [2.24, 2.45) is 0 Å². The molecule has 0 radical (unpaired) electrons. The Hall–Kier alpha value is -4.33. The largest absolute Gasteiger partial charge is 0.419 e. The van der Waals surface area contributed by atoms with E-state index in [2.05, 4.69) is 30.2 Å². The Morgan fingerprint density at radius 1 is 0.897 bits per heavy atom. The van der Waals surface area contributed by atoms with E-state index in [0.717, 1.165) is 21.9 Å². The lowest BCUT2D eigenvalue weighted by Gasteiger charge is -2.11. The molecule has 0 spiro atoms. The Bertz CT molecular complexity index is 1330. The normalized spacial score (nSPS) is 10.9. The lowest BCUT2D eigenvalue weighted by atomic mass is 9.99. The Kier molecular flexibility index (Phi) is 4.06. The van der Waals surface area contributed by atoms with E-state index < -0.39 is 6.09 Å². The molecule has 0 aliphatic rings. The fraction of sp³-hybridized carbons (Fsp3) is 0. The van der Waals surface area contributed by atoms with Gasteiger partial charge in [0.25, 0.3) is 0 Å². The highest BCUT2D eigenvalue weighted by Gasteiger charge is 2.16. The molecular weight excluding hydrogens is 368 g/mol. The average Bonchev–Trinajstić information content (AvgIpc) is 3.26. The summed E-state index contributed by atoms with van der Waals surface area (Å²) in [5.41, 5.74) is 2.89. The van der Waals surface area contributed by atoms with Crippen molar-refractivity contribution in [3.8, 4) is 16.9 Å². The van der Waals surface area contributed by atoms with Gasteiger partial charge in [0, 0.05) is 53.7 Å². The van der Waals surface area contributed by atoms with Crippen molar-refractivity contribution in [3.05, 3.63) is 73.6 Å². The summed E-state index contributed by atoms with van der Waals surface area (Å²) < 4.78 is 5.45. The maximum Gasteiger partial charge on any atom is 0.419 e. The Labute approximate surface area is 164 Å². The van der Waals surface area contributed by atoms with Gasteiger partial charge in [0.1, 0.15) is 11.0 Å².